The Bertz CT molecular complexity index is 3280. The number of para-hydroxylation sites is 2. The first-order valence-corrected chi connectivity index (χ1v) is 18.9. The molecule has 0 radical (unpaired) electrons. The van der Waals surface area contributed by atoms with Gasteiger partial charge in [0.2, 0.25) is 5.95 Å². The average molecular weight is 716 g/mol. The summed E-state index contributed by atoms with van der Waals surface area (Å²) in [6.07, 6.45) is 0. The first-order valence-electron chi connectivity index (χ1n) is 18.9. The van der Waals surface area contributed by atoms with Crippen molar-refractivity contribution < 1.29 is 0 Å². The lowest BCUT2D eigenvalue weighted by Crippen LogP contribution is -2.08. The van der Waals surface area contributed by atoms with Crippen LogP contribution in [0.2, 0.25) is 0 Å². The minimum absolute atomic E-state index is 0.528. The molecule has 5 heteroatoms. The van der Waals surface area contributed by atoms with Crippen LogP contribution in [0, 0.1) is 0 Å². The lowest BCUT2D eigenvalue weighted by molar-refractivity contribution is 0.949. The first kappa shape index (κ1) is 31.9. The van der Waals surface area contributed by atoms with Gasteiger partial charge < -0.3 is 4.57 Å². The zero-order valence-corrected chi connectivity index (χ0v) is 30.3. The fourth-order valence-corrected chi connectivity index (χ4v) is 8.07. The predicted octanol–water partition coefficient (Wildman–Crippen LogP) is 12.8. The van der Waals surface area contributed by atoms with Crippen molar-refractivity contribution in [3.8, 4) is 34.4 Å². The van der Waals surface area contributed by atoms with Crippen molar-refractivity contribution in [3.63, 3.8) is 0 Å². The maximum atomic E-state index is 5.37. The number of nitrogens with zero attached hydrogens (tertiary/aromatic N) is 5. The van der Waals surface area contributed by atoms with E-state index in [9.17, 15) is 0 Å². The summed E-state index contributed by atoms with van der Waals surface area (Å²) in [5, 5.41) is 9.13. The monoisotopic (exact) mass is 715 g/mol. The van der Waals surface area contributed by atoms with E-state index in [0.717, 1.165) is 65.8 Å². The van der Waals surface area contributed by atoms with Gasteiger partial charge in [0.1, 0.15) is 0 Å². The van der Waals surface area contributed by atoms with E-state index in [1.54, 1.807) is 0 Å². The number of fused-ring (bicyclic) bond motifs is 7. The summed E-state index contributed by atoms with van der Waals surface area (Å²) in [4.78, 5) is 15.9. The number of aromatic nitrogens is 5. The maximum absolute atomic E-state index is 5.37. The second kappa shape index (κ2) is 13.0. The van der Waals surface area contributed by atoms with Gasteiger partial charge in [-0.15, -0.1) is 0 Å². The van der Waals surface area contributed by atoms with Crippen LogP contribution >= 0.6 is 0 Å². The number of benzene rings is 9. The topological polar surface area (TPSA) is 48.5 Å². The lowest BCUT2D eigenvalue weighted by atomic mass is 10.0. The third kappa shape index (κ3) is 5.45. The van der Waals surface area contributed by atoms with Crippen LogP contribution in [0.4, 0.5) is 0 Å². The van der Waals surface area contributed by atoms with Crippen LogP contribution in [-0.4, -0.2) is 24.1 Å². The van der Waals surface area contributed by atoms with Gasteiger partial charge in [-0.05, 0) is 98.4 Å². The molecule has 5 nitrogen and oxygen atoms in total. The van der Waals surface area contributed by atoms with Gasteiger partial charge in [-0.25, -0.2) is 4.98 Å². The zero-order valence-electron chi connectivity index (χ0n) is 30.3. The second-order valence-electron chi connectivity index (χ2n) is 14.2. The zero-order chi connectivity index (χ0) is 37.0. The van der Waals surface area contributed by atoms with Crippen LogP contribution < -0.4 is 0 Å². The summed E-state index contributed by atoms with van der Waals surface area (Å²) in [6, 6.07) is 70.8. The van der Waals surface area contributed by atoms with E-state index in [1.165, 1.54) is 16.2 Å². The summed E-state index contributed by atoms with van der Waals surface area (Å²) in [6.45, 7) is 0. The molecule has 2 aromatic heterocycles. The van der Waals surface area contributed by atoms with Gasteiger partial charge in [-0.3, -0.25) is 4.57 Å². The molecule has 0 amide bonds. The summed E-state index contributed by atoms with van der Waals surface area (Å²) < 4.78 is 4.52. The van der Waals surface area contributed by atoms with Crippen LogP contribution in [0.1, 0.15) is 0 Å². The fraction of sp³-hybridized carbons (Fsp3) is 0. The van der Waals surface area contributed by atoms with E-state index in [-0.39, 0.29) is 0 Å². The summed E-state index contributed by atoms with van der Waals surface area (Å²) in [5.41, 5.74) is 6.91. The molecule has 0 N–H and O–H groups in total. The molecule has 9 aromatic carbocycles. The molecule has 2 heterocycles. The van der Waals surface area contributed by atoms with Crippen LogP contribution in [-0.2, 0) is 0 Å². The number of rotatable bonds is 4. The molecule has 0 aliphatic heterocycles. The quantitative estimate of drug-likeness (QED) is 0.182. The molecule has 0 spiro atoms. The standard InChI is InChI=1S/C51H33N5/c1-2-17-41(18-3-1)55-42-19-11-20-43(32-42)56(48-23-9-8-21-46(48)45-22-10-16-36-28-29-44(55)33-47(36)45)51-53-49(39-26-24-34-12-4-6-14-37(34)30-39)52-50(54-51)40-27-25-35-13-5-7-15-38(35)31-40/h1-33H. The van der Waals surface area contributed by atoms with Crippen molar-refractivity contribution in [2.24, 2.45) is 0 Å². The van der Waals surface area contributed by atoms with Crippen LogP contribution in [0.5, 0.6) is 0 Å². The van der Waals surface area contributed by atoms with Crippen molar-refractivity contribution in [2.75, 3.05) is 0 Å². The molecule has 262 valence electrons. The van der Waals surface area contributed by atoms with E-state index in [2.05, 4.69) is 209 Å². The van der Waals surface area contributed by atoms with Gasteiger partial charge in [0, 0.05) is 33.2 Å². The highest BCUT2D eigenvalue weighted by atomic mass is 15.2. The van der Waals surface area contributed by atoms with E-state index >= 15 is 0 Å². The Morgan fingerprint density at radius 1 is 0.304 bits per heavy atom. The molecule has 0 saturated carbocycles. The first-order chi connectivity index (χ1) is 27.7. The number of hydrogen-bond donors (Lipinski definition) is 0. The normalized spacial score (nSPS) is 11.6. The summed E-state index contributed by atoms with van der Waals surface area (Å²) >= 11 is 0. The molecule has 56 heavy (non-hydrogen) atoms. The molecule has 4 bridgehead atoms. The molecule has 0 aliphatic carbocycles. The predicted molar refractivity (Wildman–Crippen MR) is 232 cm³/mol. The minimum Gasteiger partial charge on any atom is -0.310 e. The Morgan fingerprint density at radius 3 is 1.55 bits per heavy atom. The molecule has 0 atom stereocenters. The van der Waals surface area contributed by atoms with Gasteiger partial charge in [0.05, 0.1) is 11.0 Å². The van der Waals surface area contributed by atoms with E-state index in [1.807, 2.05) is 0 Å². The Labute approximate surface area is 322 Å². The van der Waals surface area contributed by atoms with E-state index in [0.29, 0.717) is 17.6 Å². The van der Waals surface area contributed by atoms with Crippen LogP contribution in [0.25, 0.3) is 99.6 Å². The van der Waals surface area contributed by atoms with Crippen LogP contribution in [0.15, 0.2) is 200 Å². The van der Waals surface area contributed by atoms with Crippen molar-refractivity contribution in [1.82, 2.24) is 24.1 Å². The van der Waals surface area contributed by atoms with Gasteiger partial charge in [0.25, 0.3) is 0 Å². The molecule has 0 aliphatic rings. The minimum atomic E-state index is 0.528. The average Bonchev–Trinajstić information content (AvgIpc) is 3.27. The fourth-order valence-electron chi connectivity index (χ4n) is 8.07. The Hall–Kier alpha value is -7.63. The van der Waals surface area contributed by atoms with Gasteiger partial charge in [0.15, 0.2) is 11.6 Å². The van der Waals surface area contributed by atoms with Crippen molar-refractivity contribution in [1.29, 1.82) is 0 Å². The molecule has 11 aromatic rings. The van der Waals surface area contributed by atoms with E-state index < -0.39 is 0 Å². The molecule has 0 unspecified atom stereocenters. The molecular weight excluding hydrogens is 683 g/mol. The van der Waals surface area contributed by atoms with Crippen molar-refractivity contribution in [2.45, 2.75) is 0 Å². The van der Waals surface area contributed by atoms with Crippen molar-refractivity contribution in [3.05, 3.63) is 200 Å². The SMILES string of the molecule is c1ccc(-n2c3ccc4cccc(c4c3)c3ccccc3n(-c3nc(-c4ccc5ccccc5c4)nc(-c4ccc5ccccc5c4)n3)c3cccc2c3)cc1. The highest BCUT2D eigenvalue weighted by molar-refractivity contribution is 6.12. The molecule has 0 fully saturated rings. The lowest BCUT2D eigenvalue weighted by Gasteiger charge is -2.15. The van der Waals surface area contributed by atoms with Gasteiger partial charge >= 0.3 is 0 Å². The smallest absolute Gasteiger partial charge is 0.238 e. The van der Waals surface area contributed by atoms with Gasteiger partial charge in [-0.2, -0.15) is 9.97 Å². The highest BCUT2D eigenvalue weighted by Crippen LogP contribution is 2.33. The maximum Gasteiger partial charge on any atom is 0.238 e. The van der Waals surface area contributed by atoms with Gasteiger partial charge in [-0.1, -0.05) is 140 Å². The largest absolute Gasteiger partial charge is 0.310 e. The molecule has 0 saturated heterocycles. The third-order valence-electron chi connectivity index (χ3n) is 10.8. The Morgan fingerprint density at radius 2 is 0.839 bits per heavy atom. The summed E-state index contributed by atoms with van der Waals surface area (Å²) in [7, 11) is 0. The molecule has 11 rings (SSSR count). The van der Waals surface area contributed by atoms with Crippen LogP contribution in [0.3, 0.4) is 0 Å². The highest BCUT2D eigenvalue weighted by Gasteiger charge is 2.16. The Kier molecular flexibility index (Phi) is 7.42. The Balaban J connectivity index is 1.31. The number of hydrogen-bond acceptors (Lipinski definition) is 3. The molecular formula is C51H33N5. The third-order valence-corrected chi connectivity index (χ3v) is 10.8. The van der Waals surface area contributed by atoms with E-state index in [4.69, 9.17) is 15.0 Å². The summed E-state index contributed by atoms with van der Waals surface area (Å²) in [5.74, 6) is 1.73. The second-order valence-corrected chi connectivity index (χ2v) is 14.2. The van der Waals surface area contributed by atoms with Crippen molar-refractivity contribution >= 4 is 65.2 Å².